The molecule has 0 aromatic heterocycles. The van der Waals surface area contributed by atoms with Crippen LogP contribution in [0, 0.1) is 10.1 Å². The zero-order valence-corrected chi connectivity index (χ0v) is 13.5. The molecule has 2 aromatic carbocycles. The molecule has 1 N–H and O–H groups in total. The summed E-state index contributed by atoms with van der Waals surface area (Å²) in [7, 11) is 0. The molecular weight excluding hydrogens is 316 g/mol. The number of Topliss-reactive ketones (excluding diaryl/α,β-unsaturated/α-hetero) is 1. The quantitative estimate of drug-likeness (QED) is 0.420. The summed E-state index contributed by atoms with van der Waals surface area (Å²) in [5, 5.41) is 14.4. The number of anilines is 2. The van der Waals surface area contributed by atoms with Crippen molar-refractivity contribution in [2.45, 2.75) is 26.2 Å². The van der Waals surface area contributed by atoms with E-state index in [1.165, 1.54) is 12.1 Å². The van der Waals surface area contributed by atoms with Crippen molar-refractivity contribution in [3.63, 3.8) is 0 Å². The highest BCUT2D eigenvalue weighted by Crippen LogP contribution is 2.31. The lowest BCUT2D eigenvalue weighted by Crippen LogP contribution is -2.05. The highest BCUT2D eigenvalue weighted by atomic mass is 35.5. The first-order valence-electron chi connectivity index (χ1n) is 7.36. The molecule has 2 aromatic rings. The molecule has 0 fully saturated rings. The van der Waals surface area contributed by atoms with Gasteiger partial charge < -0.3 is 5.32 Å². The number of nitro benzene ring substituents is 1. The van der Waals surface area contributed by atoms with E-state index < -0.39 is 4.92 Å². The van der Waals surface area contributed by atoms with Crippen LogP contribution in [0.5, 0.6) is 0 Å². The van der Waals surface area contributed by atoms with Gasteiger partial charge in [-0.1, -0.05) is 37.1 Å². The van der Waals surface area contributed by atoms with Crippen molar-refractivity contribution in [2.24, 2.45) is 0 Å². The molecule has 0 radical (unpaired) electrons. The lowest BCUT2D eigenvalue weighted by Gasteiger charge is -2.11. The average Bonchev–Trinajstić information content (AvgIpc) is 2.54. The van der Waals surface area contributed by atoms with Crippen molar-refractivity contribution in [2.75, 3.05) is 5.32 Å². The largest absolute Gasteiger partial charge is 0.349 e. The van der Waals surface area contributed by atoms with Gasteiger partial charge in [0.05, 0.1) is 4.92 Å². The number of nitro groups is 1. The molecule has 0 aliphatic heterocycles. The van der Waals surface area contributed by atoms with Crippen LogP contribution < -0.4 is 5.32 Å². The highest BCUT2D eigenvalue weighted by molar-refractivity contribution is 6.31. The number of para-hydroxylation sites is 1. The second kappa shape index (κ2) is 7.74. The van der Waals surface area contributed by atoms with Gasteiger partial charge in [-0.05, 0) is 30.7 Å². The van der Waals surface area contributed by atoms with E-state index in [9.17, 15) is 14.9 Å². The van der Waals surface area contributed by atoms with E-state index in [2.05, 4.69) is 5.32 Å². The average molecular weight is 333 g/mol. The molecule has 0 amide bonds. The normalized spacial score (nSPS) is 10.3. The Morgan fingerprint density at radius 3 is 2.65 bits per heavy atom. The fraction of sp³-hybridized carbons (Fsp3) is 0.235. The molecule has 2 rings (SSSR count). The fourth-order valence-corrected chi connectivity index (χ4v) is 2.38. The maximum atomic E-state index is 12.3. The van der Waals surface area contributed by atoms with Crippen LogP contribution in [0.2, 0.25) is 5.02 Å². The predicted octanol–water partition coefficient (Wildman–Crippen LogP) is 5.36. The van der Waals surface area contributed by atoms with E-state index in [0.29, 0.717) is 23.4 Å². The summed E-state index contributed by atoms with van der Waals surface area (Å²) in [5.41, 5.74) is 1.26. The lowest BCUT2D eigenvalue weighted by molar-refractivity contribution is -0.383. The number of hydrogen-bond acceptors (Lipinski definition) is 4. The summed E-state index contributed by atoms with van der Waals surface area (Å²) in [6, 6.07) is 11.4. The molecule has 0 bridgehead atoms. The summed E-state index contributed by atoms with van der Waals surface area (Å²) in [6.45, 7) is 2.02. The van der Waals surface area contributed by atoms with Crippen LogP contribution in [0.25, 0.3) is 0 Å². The zero-order valence-electron chi connectivity index (χ0n) is 12.7. The van der Waals surface area contributed by atoms with E-state index in [4.69, 9.17) is 11.6 Å². The third kappa shape index (κ3) is 4.29. The summed E-state index contributed by atoms with van der Waals surface area (Å²) < 4.78 is 0. The van der Waals surface area contributed by atoms with Gasteiger partial charge in [0.25, 0.3) is 5.69 Å². The molecule has 0 aliphatic rings. The second-order valence-corrected chi connectivity index (χ2v) is 5.55. The number of carbonyl (C=O) groups is 1. The van der Waals surface area contributed by atoms with Crippen LogP contribution >= 0.6 is 11.6 Å². The first-order chi connectivity index (χ1) is 11.0. The minimum atomic E-state index is -0.504. The Kier molecular flexibility index (Phi) is 5.71. The number of benzene rings is 2. The van der Waals surface area contributed by atoms with Gasteiger partial charge in [-0.25, -0.2) is 0 Å². The van der Waals surface area contributed by atoms with Gasteiger partial charge in [0, 0.05) is 28.8 Å². The highest BCUT2D eigenvalue weighted by Gasteiger charge is 2.17. The number of unbranched alkanes of at least 4 members (excludes halogenated alkanes) is 1. The monoisotopic (exact) mass is 332 g/mol. The van der Waals surface area contributed by atoms with Crippen LogP contribution in [0.15, 0.2) is 42.5 Å². The SMILES string of the molecule is CCCCC(=O)c1ccccc1Nc1ccc(Cl)cc1[N+](=O)[O-]. The lowest BCUT2D eigenvalue weighted by atomic mass is 10.0. The Morgan fingerprint density at radius 2 is 1.96 bits per heavy atom. The van der Waals surface area contributed by atoms with Crippen LogP contribution in [0.1, 0.15) is 36.5 Å². The maximum Gasteiger partial charge on any atom is 0.294 e. The number of ketones is 1. The van der Waals surface area contributed by atoms with Crippen molar-refractivity contribution in [3.8, 4) is 0 Å². The Morgan fingerprint density at radius 1 is 1.22 bits per heavy atom. The summed E-state index contributed by atoms with van der Waals surface area (Å²) in [4.78, 5) is 23.0. The van der Waals surface area contributed by atoms with Crippen molar-refractivity contribution >= 4 is 34.4 Å². The molecule has 0 spiro atoms. The van der Waals surface area contributed by atoms with Crippen molar-refractivity contribution in [3.05, 3.63) is 63.2 Å². The zero-order chi connectivity index (χ0) is 16.8. The summed E-state index contributed by atoms with van der Waals surface area (Å²) in [6.07, 6.45) is 2.20. The number of hydrogen-bond donors (Lipinski definition) is 1. The first kappa shape index (κ1) is 17.0. The Labute approximate surface area is 139 Å². The molecule has 0 unspecified atom stereocenters. The van der Waals surface area contributed by atoms with Gasteiger partial charge in [-0.15, -0.1) is 0 Å². The summed E-state index contributed by atoms with van der Waals surface area (Å²) >= 11 is 5.82. The molecule has 0 atom stereocenters. The van der Waals surface area contributed by atoms with E-state index in [0.717, 1.165) is 12.8 Å². The Bertz CT molecular complexity index is 732. The van der Waals surface area contributed by atoms with Crippen molar-refractivity contribution in [1.29, 1.82) is 0 Å². The van der Waals surface area contributed by atoms with Crippen LogP contribution in [-0.2, 0) is 0 Å². The van der Waals surface area contributed by atoms with Gasteiger partial charge in [-0.2, -0.15) is 0 Å². The molecule has 0 aliphatic carbocycles. The minimum absolute atomic E-state index is 0.0200. The molecular formula is C17H17ClN2O3. The van der Waals surface area contributed by atoms with Crippen molar-refractivity contribution in [1.82, 2.24) is 0 Å². The number of nitrogens with zero attached hydrogens (tertiary/aromatic N) is 1. The predicted molar refractivity (Wildman–Crippen MR) is 91.7 cm³/mol. The van der Waals surface area contributed by atoms with E-state index in [1.54, 1.807) is 30.3 Å². The fourth-order valence-electron chi connectivity index (χ4n) is 2.21. The molecule has 0 heterocycles. The van der Waals surface area contributed by atoms with Crippen LogP contribution in [0.3, 0.4) is 0 Å². The van der Waals surface area contributed by atoms with Crippen molar-refractivity contribution < 1.29 is 9.72 Å². The molecule has 23 heavy (non-hydrogen) atoms. The number of carbonyl (C=O) groups excluding carboxylic acids is 1. The minimum Gasteiger partial charge on any atom is -0.349 e. The topological polar surface area (TPSA) is 72.2 Å². The van der Waals surface area contributed by atoms with E-state index in [1.807, 2.05) is 6.92 Å². The number of nitrogens with one attached hydrogen (secondary N) is 1. The number of halogens is 1. The van der Waals surface area contributed by atoms with Crippen LogP contribution in [-0.4, -0.2) is 10.7 Å². The Hall–Kier alpha value is -2.40. The van der Waals surface area contributed by atoms with Gasteiger partial charge in [0.1, 0.15) is 5.69 Å². The second-order valence-electron chi connectivity index (χ2n) is 5.12. The van der Waals surface area contributed by atoms with Gasteiger partial charge in [-0.3, -0.25) is 14.9 Å². The molecule has 0 saturated carbocycles. The Balaban J connectivity index is 2.34. The molecule has 5 nitrogen and oxygen atoms in total. The van der Waals surface area contributed by atoms with Gasteiger partial charge in [0.15, 0.2) is 5.78 Å². The molecule has 0 saturated heterocycles. The van der Waals surface area contributed by atoms with Gasteiger partial charge in [0.2, 0.25) is 0 Å². The standard InChI is InChI=1S/C17H17ClN2O3/c1-2-3-8-17(21)13-6-4-5-7-14(13)19-15-10-9-12(18)11-16(15)20(22)23/h4-7,9-11,19H,2-3,8H2,1H3. The van der Waals surface area contributed by atoms with E-state index in [-0.39, 0.29) is 16.5 Å². The molecule has 120 valence electrons. The van der Waals surface area contributed by atoms with Crippen LogP contribution in [0.4, 0.5) is 17.1 Å². The third-order valence-corrected chi connectivity index (χ3v) is 3.65. The summed E-state index contributed by atoms with van der Waals surface area (Å²) in [5.74, 6) is 0.0200. The van der Waals surface area contributed by atoms with Gasteiger partial charge >= 0.3 is 0 Å². The smallest absolute Gasteiger partial charge is 0.294 e. The first-order valence-corrected chi connectivity index (χ1v) is 7.74. The molecule has 6 heteroatoms. The van der Waals surface area contributed by atoms with E-state index >= 15 is 0 Å². The third-order valence-electron chi connectivity index (χ3n) is 3.41. The number of rotatable bonds is 7. The maximum absolute atomic E-state index is 12.3.